The second-order valence-electron chi connectivity index (χ2n) is 4.86. The highest BCUT2D eigenvalue weighted by molar-refractivity contribution is 5.96. The minimum Gasteiger partial charge on any atom is -0.458 e. The first-order chi connectivity index (χ1) is 8.78. The number of hydrogen-bond acceptors (Lipinski definition) is 2. The molecule has 2 nitrogen and oxygen atoms in total. The van der Waals surface area contributed by atoms with Gasteiger partial charge in [0.2, 0.25) is 5.78 Å². The number of furan rings is 1. The molecule has 0 atom stereocenters. The van der Waals surface area contributed by atoms with Gasteiger partial charge in [-0.25, -0.2) is 0 Å². The molecule has 1 aromatic carbocycles. The molecular weight excluding hydrogens is 224 g/mol. The minimum atomic E-state index is 0.0539. The van der Waals surface area contributed by atoms with E-state index in [0.29, 0.717) is 5.76 Å². The molecule has 1 aliphatic rings. The van der Waals surface area contributed by atoms with E-state index in [1.807, 2.05) is 31.2 Å². The summed E-state index contributed by atoms with van der Waals surface area (Å²) in [6.07, 6.45) is 2.52. The highest BCUT2D eigenvalue weighted by atomic mass is 16.3. The molecule has 1 aromatic heterocycles. The van der Waals surface area contributed by atoms with Gasteiger partial charge in [-0.05, 0) is 36.1 Å². The van der Waals surface area contributed by atoms with E-state index in [0.717, 1.165) is 25.0 Å². The summed E-state index contributed by atoms with van der Waals surface area (Å²) in [5.41, 5.74) is 2.61. The van der Waals surface area contributed by atoms with E-state index in [1.54, 1.807) is 0 Å². The van der Waals surface area contributed by atoms with Crippen molar-refractivity contribution in [3.8, 4) is 0 Å². The van der Waals surface area contributed by atoms with Gasteiger partial charge in [0.25, 0.3) is 0 Å². The van der Waals surface area contributed by atoms with E-state index in [1.165, 1.54) is 11.1 Å². The number of ketones is 1. The van der Waals surface area contributed by atoms with Crippen LogP contribution < -0.4 is 0 Å². The van der Waals surface area contributed by atoms with E-state index in [2.05, 4.69) is 12.1 Å². The van der Waals surface area contributed by atoms with E-state index < -0.39 is 0 Å². The maximum Gasteiger partial charge on any atom is 0.201 e. The Balaban J connectivity index is 1.80. The van der Waals surface area contributed by atoms with Crippen LogP contribution in [0, 0.1) is 5.92 Å². The predicted molar refractivity (Wildman–Crippen MR) is 69.8 cm³/mol. The summed E-state index contributed by atoms with van der Waals surface area (Å²) in [4.78, 5) is 12.4. The number of benzene rings is 1. The van der Waals surface area contributed by atoms with Crippen LogP contribution in [0.4, 0.5) is 0 Å². The SMILES string of the molecule is CCc1ccc(C(=O)C2Cc3ccccc3C2)o1. The van der Waals surface area contributed by atoms with Crippen LogP contribution >= 0.6 is 0 Å². The molecule has 0 spiro atoms. The van der Waals surface area contributed by atoms with E-state index >= 15 is 0 Å². The monoisotopic (exact) mass is 240 g/mol. The number of fused-ring (bicyclic) bond motifs is 1. The van der Waals surface area contributed by atoms with Crippen LogP contribution in [-0.2, 0) is 19.3 Å². The number of rotatable bonds is 3. The summed E-state index contributed by atoms with van der Waals surface area (Å²) >= 11 is 0. The van der Waals surface area contributed by atoms with Crippen molar-refractivity contribution < 1.29 is 9.21 Å². The van der Waals surface area contributed by atoms with Crippen LogP contribution in [0.2, 0.25) is 0 Å². The third kappa shape index (κ3) is 1.88. The van der Waals surface area contributed by atoms with Crippen LogP contribution in [-0.4, -0.2) is 5.78 Å². The third-order valence-corrected chi connectivity index (χ3v) is 3.67. The molecule has 0 unspecified atom stereocenters. The second-order valence-corrected chi connectivity index (χ2v) is 4.86. The summed E-state index contributed by atoms with van der Waals surface area (Å²) in [6, 6.07) is 12.0. The van der Waals surface area contributed by atoms with Crippen LogP contribution in [0.3, 0.4) is 0 Å². The topological polar surface area (TPSA) is 30.2 Å². The molecule has 1 aliphatic carbocycles. The molecule has 0 radical (unpaired) electrons. The lowest BCUT2D eigenvalue weighted by atomic mass is 9.99. The van der Waals surface area contributed by atoms with Gasteiger partial charge in [-0.2, -0.15) is 0 Å². The van der Waals surface area contributed by atoms with Crippen LogP contribution in [0.25, 0.3) is 0 Å². The quantitative estimate of drug-likeness (QED) is 0.769. The maximum absolute atomic E-state index is 12.4. The molecule has 0 saturated carbocycles. The van der Waals surface area contributed by atoms with E-state index in [4.69, 9.17) is 4.42 Å². The highest BCUT2D eigenvalue weighted by Gasteiger charge is 2.29. The van der Waals surface area contributed by atoms with Crippen LogP contribution in [0.5, 0.6) is 0 Å². The Morgan fingerprint density at radius 1 is 1.17 bits per heavy atom. The Hall–Kier alpha value is -1.83. The standard InChI is InChI=1S/C16H16O2/c1-2-14-7-8-15(18-14)16(17)13-9-11-5-3-4-6-12(11)10-13/h3-8,13H,2,9-10H2,1H3. The summed E-state index contributed by atoms with van der Waals surface area (Å²) in [6.45, 7) is 2.03. The average molecular weight is 240 g/mol. The van der Waals surface area contributed by atoms with Gasteiger partial charge in [-0.3, -0.25) is 4.79 Å². The van der Waals surface area contributed by atoms with Gasteiger partial charge < -0.3 is 4.42 Å². The van der Waals surface area contributed by atoms with Crippen molar-refractivity contribution >= 4 is 5.78 Å². The minimum absolute atomic E-state index is 0.0539. The number of carbonyl (C=O) groups excluding carboxylic acids is 1. The second kappa shape index (κ2) is 4.45. The number of aryl methyl sites for hydroxylation is 1. The van der Waals surface area contributed by atoms with Crippen molar-refractivity contribution in [2.45, 2.75) is 26.2 Å². The molecular formula is C16H16O2. The van der Waals surface area contributed by atoms with Crippen LogP contribution in [0.15, 0.2) is 40.8 Å². The van der Waals surface area contributed by atoms with Gasteiger partial charge in [0.1, 0.15) is 5.76 Å². The summed E-state index contributed by atoms with van der Waals surface area (Å²) in [5, 5.41) is 0. The van der Waals surface area contributed by atoms with Gasteiger partial charge in [-0.1, -0.05) is 31.2 Å². The first-order valence-corrected chi connectivity index (χ1v) is 6.47. The zero-order valence-electron chi connectivity index (χ0n) is 10.5. The Bertz CT molecular complexity index is 555. The number of carbonyl (C=O) groups is 1. The molecule has 2 heteroatoms. The summed E-state index contributed by atoms with van der Waals surface area (Å²) < 4.78 is 5.56. The van der Waals surface area contributed by atoms with Gasteiger partial charge in [0, 0.05) is 12.3 Å². The smallest absolute Gasteiger partial charge is 0.201 e. The summed E-state index contributed by atoms with van der Waals surface area (Å²) in [7, 11) is 0. The Kier molecular flexibility index (Phi) is 2.78. The Morgan fingerprint density at radius 2 is 1.83 bits per heavy atom. The lowest BCUT2D eigenvalue weighted by molar-refractivity contribution is 0.0894. The lowest BCUT2D eigenvalue weighted by Gasteiger charge is -2.04. The molecule has 0 fully saturated rings. The van der Waals surface area contributed by atoms with Gasteiger partial charge in [0.15, 0.2) is 5.76 Å². The molecule has 0 saturated heterocycles. The van der Waals surface area contributed by atoms with Crippen molar-refractivity contribution in [3.63, 3.8) is 0 Å². The molecule has 92 valence electrons. The van der Waals surface area contributed by atoms with Crippen molar-refractivity contribution in [2.75, 3.05) is 0 Å². The number of Topliss-reactive ketones (excluding diaryl/α,β-unsaturated/α-hetero) is 1. The van der Waals surface area contributed by atoms with Crippen LogP contribution in [0.1, 0.15) is 34.4 Å². The molecule has 0 N–H and O–H groups in total. The lowest BCUT2D eigenvalue weighted by Crippen LogP contribution is -2.14. The Labute approximate surface area is 107 Å². The maximum atomic E-state index is 12.4. The largest absolute Gasteiger partial charge is 0.458 e. The normalized spacial score (nSPS) is 14.7. The molecule has 0 aliphatic heterocycles. The third-order valence-electron chi connectivity index (χ3n) is 3.67. The zero-order valence-corrected chi connectivity index (χ0v) is 10.5. The zero-order chi connectivity index (χ0) is 12.5. The fraction of sp³-hybridized carbons (Fsp3) is 0.312. The fourth-order valence-corrected chi connectivity index (χ4v) is 2.65. The molecule has 0 bridgehead atoms. The van der Waals surface area contributed by atoms with Crippen molar-refractivity contribution in [2.24, 2.45) is 5.92 Å². The highest BCUT2D eigenvalue weighted by Crippen LogP contribution is 2.29. The summed E-state index contributed by atoms with van der Waals surface area (Å²) in [5.74, 6) is 1.60. The molecule has 3 rings (SSSR count). The van der Waals surface area contributed by atoms with Gasteiger partial charge in [-0.15, -0.1) is 0 Å². The average Bonchev–Trinajstić information content (AvgIpc) is 3.04. The first kappa shape index (κ1) is 11.3. The molecule has 18 heavy (non-hydrogen) atoms. The number of hydrogen-bond donors (Lipinski definition) is 0. The van der Waals surface area contributed by atoms with Gasteiger partial charge in [0.05, 0.1) is 0 Å². The molecule has 2 aromatic rings. The van der Waals surface area contributed by atoms with Crippen molar-refractivity contribution in [1.29, 1.82) is 0 Å². The Morgan fingerprint density at radius 3 is 2.39 bits per heavy atom. The molecule has 0 amide bonds. The van der Waals surface area contributed by atoms with Crippen molar-refractivity contribution in [1.82, 2.24) is 0 Å². The fourth-order valence-electron chi connectivity index (χ4n) is 2.65. The van der Waals surface area contributed by atoms with Gasteiger partial charge >= 0.3 is 0 Å². The van der Waals surface area contributed by atoms with E-state index in [-0.39, 0.29) is 11.7 Å². The predicted octanol–water partition coefficient (Wildman–Crippen LogP) is 3.44. The first-order valence-electron chi connectivity index (χ1n) is 6.47. The van der Waals surface area contributed by atoms with Crippen molar-refractivity contribution in [3.05, 3.63) is 59.0 Å². The molecule has 1 heterocycles. The van der Waals surface area contributed by atoms with E-state index in [9.17, 15) is 4.79 Å².